The van der Waals surface area contributed by atoms with Crippen LogP contribution in [-0.4, -0.2) is 31.0 Å². The summed E-state index contributed by atoms with van der Waals surface area (Å²) in [4.78, 5) is 11.9. The second-order valence-corrected chi connectivity index (χ2v) is 4.78. The van der Waals surface area contributed by atoms with E-state index in [4.69, 9.17) is 0 Å². The van der Waals surface area contributed by atoms with Crippen LogP contribution < -0.4 is 5.69 Å². The zero-order valence-corrected chi connectivity index (χ0v) is 9.70. The molecule has 1 heterocycles. The van der Waals surface area contributed by atoms with E-state index >= 15 is 0 Å². The second kappa shape index (κ2) is 4.37. The summed E-state index contributed by atoms with van der Waals surface area (Å²) >= 11 is 0. The molecule has 0 spiro atoms. The molecule has 1 aliphatic carbocycles. The number of hydrogen-bond acceptors (Lipinski definition) is 4. The third kappa shape index (κ3) is 2.02. The highest BCUT2D eigenvalue weighted by molar-refractivity contribution is 4.77. The molecule has 1 fully saturated rings. The number of hydrogen-bond donors (Lipinski definition) is 1. The lowest BCUT2D eigenvalue weighted by molar-refractivity contribution is 0.101. The maximum absolute atomic E-state index is 11.9. The van der Waals surface area contributed by atoms with E-state index in [9.17, 15) is 9.90 Å². The molecule has 1 aliphatic rings. The standard InChI is InChI=1S/C10H18N4O2/c1-7(2)9(15)6-13-10(16)14(12-11-13)8-4-3-5-8/h7-9,15H,3-6H2,1-2H3. The summed E-state index contributed by atoms with van der Waals surface area (Å²) in [7, 11) is 0. The Morgan fingerprint density at radius 1 is 1.44 bits per heavy atom. The molecule has 0 bridgehead atoms. The smallest absolute Gasteiger partial charge is 0.364 e. The Bertz CT molecular complexity index is 405. The summed E-state index contributed by atoms with van der Waals surface area (Å²) in [5.74, 6) is 0.112. The fourth-order valence-corrected chi connectivity index (χ4v) is 1.65. The van der Waals surface area contributed by atoms with Gasteiger partial charge >= 0.3 is 5.69 Å². The molecule has 0 amide bonds. The van der Waals surface area contributed by atoms with Crippen molar-refractivity contribution >= 4 is 0 Å². The molecule has 1 N–H and O–H groups in total. The first kappa shape index (κ1) is 11.3. The fraction of sp³-hybridized carbons (Fsp3) is 0.900. The van der Waals surface area contributed by atoms with Crippen molar-refractivity contribution in [3.63, 3.8) is 0 Å². The van der Waals surface area contributed by atoms with Gasteiger partial charge < -0.3 is 5.11 Å². The summed E-state index contributed by atoms with van der Waals surface area (Å²) in [6.45, 7) is 4.04. The highest BCUT2D eigenvalue weighted by atomic mass is 16.3. The monoisotopic (exact) mass is 226 g/mol. The topological polar surface area (TPSA) is 72.9 Å². The molecule has 6 heteroatoms. The van der Waals surface area contributed by atoms with Crippen LogP contribution in [0.2, 0.25) is 0 Å². The third-order valence-electron chi connectivity index (χ3n) is 3.21. The van der Waals surface area contributed by atoms with Gasteiger partial charge in [-0.15, -0.1) is 0 Å². The molecule has 1 aromatic rings. The summed E-state index contributed by atoms with van der Waals surface area (Å²) < 4.78 is 2.69. The maximum atomic E-state index is 11.9. The van der Waals surface area contributed by atoms with Gasteiger partial charge in [-0.25, -0.2) is 4.79 Å². The lowest BCUT2D eigenvalue weighted by atomic mass is 9.93. The van der Waals surface area contributed by atoms with Crippen LogP contribution in [0.25, 0.3) is 0 Å². The van der Waals surface area contributed by atoms with Gasteiger partial charge in [0, 0.05) is 0 Å². The maximum Gasteiger partial charge on any atom is 0.364 e. The quantitative estimate of drug-likeness (QED) is 0.795. The number of rotatable bonds is 4. The van der Waals surface area contributed by atoms with Gasteiger partial charge in [0.05, 0.1) is 18.7 Å². The van der Waals surface area contributed by atoms with Crippen LogP contribution >= 0.6 is 0 Å². The van der Waals surface area contributed by atoms with Gasteiger partial charge in [-0.05, 0) is 35.6 Å². The first-order valence-corrected chi connectivity index (χ1v) is 5.80. The van der Waals surface area contributed by atoms with E-state index < -0.39 is 6.10 Å². The van der Waals surface area contributed by atoms with Crippen molar-refractivity contribution in [2.75, 3.05) is 0 Å². The van der Waals surface area contributed by atoms with Gasteiger partial charge in [0.1, 0.15) is 0 Å². The highest BCUT2D eigenvalue weighted by Gasteiger charge is 2.24. The molecular formula is C10H18N4O2. The molecule has 0 aromatic carbocycles. The molecule has 6 nitrogen and oxygen atoms in total. The van der Waals surface area contributed by atoms with Crippen molar-refractivity contribution in [2.45, 2.75) is 51.8 Å². The Morgan fingerprint density at radius 2 is 2.12 bits per heavy atom. The zero-order valence-electron chi connectivity index (χ0n) is 9.70. The van der Waals surface area contributed by atoms with Crippen LogP contribution in [0.15, 0.2) is 4.79 Å². The number of aliphatic hydroxyl groups excluding tert-OH is 1. The van der Waals surface area contributed by atoms with E-state index in [1.165, 1.54) is 9.36 Å². The number of tetrazole rings is 1. The van der Waals surface area contributed by atoms with Crippen LogP contribution in [0.5, 0.6) is 0 Å². The van der Waals surface area contributed by atoms with Gasteiger partial charge in [0.25, 0.3) is 0 Å². The number of aromatic nitrogens is 4. The molecule has 90 valence electrons. The van der Waals surface area contributed by atoms with Crippen LogP contribution in [0, 0.1) is 5.92 Å². The third-order valence-corrected chi connectivity index (χ3v) is 3.21. The van der Waals surface area contributed by atoms with Crippen LogP contribution in [0.3, 0.4) is 0 Å². The fourth-order valence-electron chi connectivity index (χ4n) is 1.65. The normalized spacial score (nSPS) is 18.8. The van der Waals surface area contributed by atoms with E-state index in [2.05, 4.69) is 10.4 Å². The largest absolute Gasteiger partial charge is 0.391 e. The van der Waals surface area contributed by atoms with Crippen molar-refractivity contribution in [1.29, 1.82) is 0 Å². The molecule has 1 unspecified atom stereocenters. The first-order chi connectivity index (χ1) is 7.59. The Hall–Kier alpha value is -1.17. The van der Waals surface area contributed by atoms with Gasteiger partial charge in [0.2, 0.25) is 0 Å². The lowest BCUT2D eigenvalue weighted by Gasteiger charge is -2.23. The molecule has 0 saturated heterocycles. The number of nitrogens with zero attached hydrogens (tertiary/aromatic N) is 4. The van der Waals surface area contributed by atoms with E-state index in [1.807, 2.05) is 13.8 Å². The predicted octanol–water partition coefficient (Wildman–Crippen LogP) is 0.182. The average molecular weight is 226 g/mol. The van der Waals surface area contributed by atoms with Gasteiger partial charge in [-0.1, -0.05) is 13.8 Å². The molecule has 2 rings (SSSR count). The second-order valence-electron chi connectivity index (χ2n) is 4.78. The predicted molar refractivity (Wildman–Crippen MR) is 58.0 cm³/mol. The Morgan fingerprint density at radius 3 is 2.62 bits per heavy atom. The SMILES string of the molecule is CC(C)C(O)Cn1nnn(C2CCC2)c1=O. The minimum Gasteiger partial charge on any atom is -0.391 e. The van der Waals surface area contributed by atoms with Gasteiger partial charge in [0.15, 0.2) is 0 Å². The summed E-state index contributed by atoms with van der Waals surface area (Å²) in [5, 5.41) is 17.3. The average Bonchev–Trinajstić information content (AvgIpc) is 2.47. The molecule has 0 aliphatic heterocycles. The molecule has 16 heavy (non-hydrogen) atoms. The summed E-state index contributed by atoms with van der Waals surface area (Å²) in [6, 6.07) is 0.220. The van der Waals surface area contributed by atoms with Crippen molar-refractivity contribution < 1.29 is 5.11 Å². The first-order valence-electron chi connectivity index (χ1n) is 5.80. The van der Waals surface area contributed by atoms with Crippen molar-refractivity contribution in [3.8, 4) is 0 Å². The summed E-state index contributed by atoms with van der Waals surface area (Å²) in [5.41, 5.74) is -0.204. The Kier molecular flexibility index (Phi) is 3.09. The minimum absolute atomic E-state index is 0.112. The van der Waals surface area contributed by atoms with E-state index in [-0.39, 0.29) is 24.2 Å². The highest BCUT2D eigenvalue weighted by Crippen LogP contribution is 2.28. The minimum atomic E-state index is -0.552. The van der Waals surface area contributed by atoms with Crippen molar-refractivity contribution in [3.05, 3.63) is 10.5 Å². The molecule has 1 saturated carbocycles. The van der Waals surface area contributed by atoms with Gasteiger partial charge in [-0.3, -0.25) is 0 Å². The van der Waals surface area contributed by atoms with Crippen LogP contribution in [0.1, 0.15) is 39.2 Å². The molecule has 1 aromatic heterocycles. The van der Waals surface area contributed by atoms with Crippen LogP contribution in [0.4, 0.5) is 0 Å². The Balaban J connectivity index is 2.11. The van der Waals surface area contributed by atoms with Crippen LogP contribution in [-0.2, 0) is 6.54 Å². The lowest BCUT2D eigenvalue weighted by Crippen LogP contribution is -2.34. The summed E-state index contributed by atoms with van der Waals surface area (Å²) in [6.07, 6.45) is 2.61. The molecular weight excluding hydrogens is 208 g/mol. The van der Waals surface area contributed by atoms with Gasteiger partial charge in [-0.2, -0.15) is 9.36 Å². The van der Waals surface area contributed by atoms with Crippen molar-refractivity contribution in [2.24, 2.45) is 5.92 Å². The van der Waals surface area contributed by atoms with E-state index in [0.29, 0.717) is 0 Å². The van der Waals surface area contributed by atoms with E-state index in [1.54, 1.807) is 0 Å². The Labute approximate surface area is 93.9 Å². The van der Waals surface area contributed by atoms with Crippen molar-refractivity contribution in [1.82, 2.24) is 19.8 Å². The molecule has 0 radical (unpaired) electrons. The zero-order chi connectivity index (χ0) is 11.7. The number of aliphatic hydroxyl groups is 1. The van der Waals surface area contributed by atoms with E-state index in [0.717, 1.165) is 19.3 Å². The molecule has 1 atom stereocenters.